The fourth-order valence-electron chi connectivity index (χ4n) is 6.41. The predicted molar refractivity (Wildman–Crippen MR) is 196 cm³/mol. The Hall–Kier alpha value is -4.19. The molecule has 1 aromatic heterocycles. The summed E-state index contributed by atoms with van der Waals surface area (Å²) in [4.78, 5) is 37.3. The molecule has 4 heterocycles. The minimum Gasteiger partial charge on any atom is -0.400 e. The third kappa shape index (κ3) is 8.57. The summed E-state index contributed by atoms with van der Waals surface area (Å²) in [6.45, 7) is 10.2. The van der Waals surface area contributed by atoms with Crippen molar-refractivity contribution < 1.29 is 27.9 Å². The molecule has 6 rings (SSSR count). The molecule has 0 saturated carbocycles. The van der Waals surface area contributed by atoms with E-state index in [1.54, 1.807) is 35.2 Å². The van der Waals surface area contributed by atoms with Crippen molar-refractivity contribution >= 4 is 34.9 Å². The second-order valence-corrected chi connectivity index (χ2v) is 14.2. The quantitative estimate of drug-likeness (QED) is 0.247. The van der Waals surface area contributed by atoms with Crippen molar-refractivity contribution in [1.82, 2.24) is 14.8 Å². The third-order valence-corrected chi connectivity index (χ3v) is 11.2. The molecular weight excluding hydrogens is 680 g/mol. The number of aromatic nitrogens is 1. The van der Waals surface area contributed by atoms with Crippen molar-refractivity contribution in [2.45, 2.75) is 31.4 Å². The second-order valence-electron chi connectivity index (χ2n) is 12.2. The van der Waals surface area contributed by atoms with Crippen LogP contribution in [0.3, 0.4) is 0 Å². The van der Waals surface area contributed by atoms with E-state index in [9.17, 15) is 22.8 Å². The Morgan fingerprint density at radius 3 is 2.44 bits per heavy atom. The summed E-state index contributed by atoms with van der Waals surface area (Å²) in [6, 6.07) is 11.9. The second kappa shape index (κ2) is 16.7. The number of hydrogen-bond acceptors (Lipinski definition) is 6. The molecule has 6 nitrogen and oxygen atoms in total. The minimum absolute atomic E-state index is 0.0896. The highest BCUT2D eigenvalue weighted by atomic mass is 32.2. The molecule has 1 atom stereocenters. The van der Waals surface area contributed by atoms with E-state index >= 15 is 0 Å². The molecule has 3 aliphatic rings. The standard InChI is InChI=1S/C38H36F3N3O2S2.CH4O/c1-3-4-8-25(2)29-21-34-28(9-7-20-47-34)22-44(23-29)37(46)33-24-48-35(42-33)27-16-18-43(19-17-27)36(45)32-11-6-5-10-31(32)26-12-14-30(15-13-26)38(39,40)41;1-2/h3-15,24,27,29H,1-2,16-23H2;2H,1H3/b8-4-;. The number of amides is 2. The molecule has 1 unspecified atom stereocenters. The first kappa shape index (κ1) is 37.1. The molecule has 2 aromatic carbocycles. The molecule has 1 fully saturated rings. The van der Waals surface area contributed by atoms with E-state index in [4.69, 9.17) is 10.1 Å². The fourth-order valence-corrected chi connectivity index (χ4v) is 8.40. The maximum absolute atomic E-state index is 13.9. The number of hydrogen-bond donors (Lipinski definition) is 1. The molecule has 262 valence electrons. The van der Waals surface area contributed by atoms with Crippen LogP contribution in [0.5, 0.6) is 0 Å². The molecule has 50 heavy (non-hydrogen) atoms. The van der Waals surface area contributed by atoms with Crippen LogP contribution in [0.25, 0.3) is 11.1 Å². The summed E-state index contributed by atoms with van der Waals surface area (Å²) >= 11 is 3.32. The number of likely N-dealkylation sites (tertiary alicyclic amines) is 1. The number of carbonyl (C=O) groups excluding carboxylic acids is 2. The number of piperidine rings is 1. The van der Waals surface area contributed by atoms with Gasteiger partial charge in [-0.25, -0.2) is 4.98 Å². The number of nitrogens with zero attached hydrogens (tertiary/aromatic N) is 3. The molecule has 1 N–H and O–H groups in total. The Morgan fingerprint density at radius 1 is 1.02 bits per heavy atom. The van der Waals surface area contributed by atoms with Gasteiger partial charge >= 0.3 is 6.18 Å². The van der Waals surface area contributed by atoms with E-state index in [0.29, 0.717) is 61.4 Å². The molecular formula is C39H40F3N3O3S2. The van der Waals surface area contributed by atoms with Gasteiger partial charge in [-0.3, -0.25) is 9.59 Å². The largest absolute Gasteiger partial charge is 0.416 e. The van der Waals surface area contributed by atoms with Gasteiger partial charge in [-0.15, -0.1) is 23.1 Å². The van der Waals surface area contributed by atoms with E-state index in [2.05, 4.69) is 25.3 Å². The zero-order chi connectivity index (χ0) is 35.8. The third-order valence-electron chi connectivity index (χ3n) is 9.08. The Bertz CT molecular complexity index is 1800. The zero-order valence-electron chi connectivity index (χ0n) is 27.9. The topological polar surface area (TPSA) is 73.7 Å². The zero-order valence-corrected chi connectivity index (χ0v) is 29.5. The van der Waals surface area contributed by atoms with E-state index < -0.39 is 11.7 Å². The van der Waals surface area contributed by atoms with Crippen LogP contribution in [-0.2, 0) is 6.18 Å². The fraction of sp³-hybridized carbons (Fsp3) is 0.308. The number of allylic oxidation sites excluding steroid dienone is 4. The van der Waals surface area contributed by atoms with Gasteiger partial charge in [-0.1, -0.05) is 73.9 Å². The maximum Gasteiger partial charge on any atom is 0.416 e. The number of aliphatic hydroxyl groups excluding tert-OH is 1. The Balaban J connectivity index is 0.00000239. The van der Waals surface area contributed by atoms with Gasteiger partial charge in [0.1, 0.15) is 5.69 Å². The highest BCUT2D eigenvalue weighted by molar-refractivity contribution is 8.03. The van der Waals surface area contributed by atoms with Crippen molar-refractivity contribution in [2.75, 3.05) is 39.0 Å². The van der Waals surface area contributed by atoms with Crippen molar-refractivity contribution in [3.8, 4) is 11.1 Å². The first-order valence-corrected chi connectivity index (χ1v) is 18.2. The van der Waals surface area contributed by atoms with Crippen LogP contribution in [0.1, 0.15) is 56.6 Å². The van der Waals surface area contributed by atoms with Crippen LogP contribution in [0.4, 0.5) is 13.2 Å². The summed E-state index contributed by atoms with van der Waals surface area (Å²) in [6.07, 6.45) is 7.70. The average Bonchev–Trinajstić information content (AvgIpc) is 3.55. The summed E-state index contributed by atoms with van der Waals surface area (Å²) in [7, 11) is 1.00. The summed E-state index contributed by atoms with van der Waals surface area (Å²) in [5, 5.41) is 9.75. The molecule has 0 aliphatic carbocycles. The van der Waals surface area contributed by atoms with Crippen molar-refractivity contribution in [3.63, 3.8) is 0 Å². The minimum atomic E-state index is -4.42. The van der Waals surface area contributed by atoms with Crippen LogP contribution in [0.15, 0.2) is 114 Å². The molecule has 2 amide bonds. The number of halogens is 3. The number of thioether (sulfide) groups is 1. The van der Waals surface area contributed by atoms with Crippen LogP contribution >= 0.6 is 23.1 Å². The highest BCUT2D eigenvalue weighted by Gasteiger charge is 2.33. The van der Waals surface area contributed by atoms with Crippen LogP contribution in [-0.4, -0.2) is 70.7 Å². The predicted octanol–water partition coefficient (Wildman–Crippen LogP) is 8.77. The van der Waals surface area contributed by atoms with Crippen molar-refractivity contribution in [1.29, 1.82) is 0 Å². The van der Waals surface area contributed by atoms with Gasteiger partial charge in [0.25, 0.3) is 11.8 Å². The first-order valence-electron chi connectivity index (χ1n) is 16.4. The van der Waals surface area contributed by atoms with Crippen LogP contribution < -0.4 is 0 Å². The molecule has 0 spiro atoms. The lowest BCUT2D eigenvalue weighted by Gasteiger charge is -2.31. The van der Waals surface area contributed by atoms with Gasteiger partial charge in [0.05, 0.1) is 10.6 Å². The normalized spacial score (nSPS) is 18.3. The van der Waals surface area contributed by atoms with Gasteiger partial charge in [0.2, 0.25) is 0 Å². The van der Waals surface area contributed by atoms with Crippen molar-refractivity contribution in [2.24, 2.45) is 5.92 Å². The number of thiazole rings is 1. The molecule has 0 radical (unpaired) electrons. The van der Waals surface area contributed by atoms with Gasteiger partial charge in [-0.2, -0.15) is 13.2 Å². The van der Waals surface area contributed by atoms with Gasteiger partial charge in [-0.05, 0) is 64.6 Å². The molecule has 3 aromatic rings. The molecule has 11 heteroatoms. The monoisotopic (exact) mass is 719 g/mol. The maximum atomic E-state index is 13.9. The average molecular weight is 720 g/mol. The Kier molecular flexibility index (Phi) is 12.4. The molecule has 0 bridgehead atoms. The van der Waals surface area contributed by atoms with Crippen LogP contribution in [0.2, 0.25) is 0 Å². The number of benzene rings is 2. The van der Waals surface area contributed by atoms with Gasteiger partial charge in [0, 0.05) is 61.8 Å². The number of rotatable bonds is 7. The Morgan fingerprint density at radius 2 is 1.74 bits per heavy atom. The van der Waals surface area contributed by atoms with E-state index in [1.165, 1.54) is 33.9 Å². The van der Waals surface area contributed by atoms with Crippen molar-refractivity contribution in [3.05, 3.63) is 135 Å². The lowest BCUT2D eigenvalue weighted by Crippen LogP contribution is -2.38. The summed E-state index contributed by atoms with van der Waals surface area (Å²) in [5.74, 6) is 0.912. The summed E-state index contributed by atoms with van der Waals surface area (Å²) < 4.78 is 39.3. The first-order chi connectivity index (χ1) is 24.1. The lowest BCUT2D eigenvalue weighted by molar-refractivity contribution is -0.137. The molecule has 1 saturated heterocycles. The summed E-state index contributed by atoms with van der Waals surface area (Å²) in [5.41, 5.74) is 3.48. The Labute approximate surface area is 299 Å². The van der Waals surface area contributed by atoms with Crippen LogP contribution in [0, 0.1) is 5.92 Å². The number of aliphatic hydroxyl groups is 1. The SMILES string of the molecule is C=C/C=C\C(=C)C1CC2=C(C=CCS2)CN(C(=O)c2csc(C3CCN(C(=O)c4ccccc4-c4ccc(C(F)(F)F)cc4)CC3)n2)C1.CO. The van der Waals surface area contributed by atoms with Gasteiger partial charge < -0.3 is 14.9 Å². The number of alkyl halides is 3. The van der Waals surface area contributed by atoms with E-state index in [-0.39, 0.29) is 23.7 Å². The van der Waals surface area contributed by atoms with E-state index in [1.807, 2.05) is 34.2 Å². The van der Waals surface area contributed by atoms with Gasteiger partial charge in [0.15, 0.2) is 0 Å². The highest BCUT2D eigenvalue weighted by Crippen LogP contribution is 2.38. The van der Waals surface area contributed by atoms with E-state index in [0.717, 1.165) is 42.0 Å². The molecule has 3 aliphatic heterocycles. The number of carbonyl (C=O) groups is 2. The smallest absolute Gasteiger partial charge is 0.400 e. The lowest BCUT2D eigenvalue weighted by atomic mass is 9.94.